The zero-order valence-corrected chi connectivity index (χ0v) is 9.96. The second kappa shape index (κ2) is 5.21. The van der Waals surface area contributed by atoms with Crippen molar-refractivity contribution in [3.05, 3.63) is 21.0 Å². The Labute approximate surface area is 99.2 Å². The Hall–Kier alpha value is -0.970. The highest BCUT2D eigenvalue weighted by atomic mass is 127. The average Bonchev–Trinajstić information content (AvgIpc) is 2.17. The maximum atomic E-state index is 12.6. The number of alkyl halides is 2. The van der Waals surface area contributed by atoms with E-state index in [1.165, 1.54) is 13.2 Å². The topological polar surface area (TPSA) is 45.9 Å². The molecule has 0 fully saturated rings. The van der Waals surface area contributed by atoms with E-state index < -0.39 is 6.43 Å². The van der Waals surface area contributed by atoms with Crippen molar-refractivity contribution >= 4 is 22.6 Å². The first kappa shape index (κ1) is 12.1. The fourth-order valence-electron chi connectivity index (χ4n) is 1.11. The van der Waals surface area contributed by atoms with Crippen molar-refractivity contribution in [1.82, 2.24) is 4.98 Å². The first-order valence-electron chi connectivity index (χ1n) is 3.98. The Balaban J connectivity index is 3.27. The number of hydrogen-bond donors (Lipinski definition) is 0. The molecule has 1 aromatic heterocycles. The second-order valence-electron chi connectivity index (χ2n) is 2.66. The maximum absolute atomic E-state index is 12.6. The van der Waals surface area contributed by atoms with E-state index in [0.29, 0.717) is 9.39 Å². The van der Waals surface area contributed by atoms with E-state index in [9.17, 15) is 8.78 Å². The van der Waals surface area contributed by atoms with E-state index in [1.54, 1.807) is 22.6 Å². The summed E-state index contributed by atoms with van der Waals surface area (Å²) in [5, 5.41) is 8.46. The van der Waals surface area contributed by atoms with Crippen molar-refractivity contribution in [2.45, 2.75) is 12.8 Å². The SMILES string of the molecule is COc1c(C(F)F)cc(CC#N)nc1I. The van der Waals surface area contributed by atoms with Crippen LogP contribution in [0.3, 0.4) is 0 Å². The summed E-state index contributed by atoms with van der Waals surface area (Å²) in [4.78, 5) is 3.98. The molecular weight excluding hydrogens is 317 g/mol. The summed E-state index contributed by atoms with van der Waals surface area (Å²) in [5.74, 6) is 0.0762. The molecular formula is C9H7F2IN2O. The van der Waals surface area contributed by atoms with Crippen LogP contribution in [0.15, 0.2) is 6.07 Å². The largest absolute Gasteiger partial charge is 0.493 e. The van der Waals surface area contributed by atoms with Crippen LogP contribution >= 0.6 is 22.6 Å². The van der Waals surface area contributed by atoms with Crippen LogP contribution in [-0.2, 0) is 6.42 Å². The first-order chi connectivity index (χ1) is 7.10. The molecule has 0 aliphatic rings. The molecule has 0 N–H and O–H groups in total. The lowest BCUT2D eigenvalue weighted by molar-refractivity contribution is 0.146. The predicted octanol–water partition coefficient (Wildman–Crippen LogP) is 2.70. The highest BCUT2D eigenvalue weighted by molar-refractivity contribution is 14.1. The minimum absolute atomic E-state index is 0.0136. The van der Waals surface area contributed by atoms with E-state index >= 15 is 0 Å². The summed E-state index contributed by atoms with van der Waals surface area (Å²) >= 11 is 1.81. The fraction of sp³-hybridized carbons (Fsp3) is 0.333. The molecule has 0 aliphatic carbocycles. The van der Waals surface area contributed by atoms with Crippen LogP contribution in [0.1, 0.15) is 17.7 Å². The van der Waals surface area contributed by atoms with Crippen molar-refractivity contribution in [2.24, 2.45) is 0 Å². The smallest absolute Gasteiger partial charge is 0.267 e. The lowest BCUT2D eigenvalue weighted by atomic mass is 10.2. The van der Waals surface area contributed by atoms with E-state index in [2.05, 4.69) is 4.98 Å². The Morgan fingerprint density at radius 2 is 2.33 bits per heavy atom. The molecule has 0 amide bonds. The van der Waals surface area contributed by atoms with Crippen LogP contribution in [0.2, 0.25) is 0 Å². The summed E-state index contributed by atoms with van der Waals surface area (Å²) in [5.41, 5.74) is 0.111. The molecule has 80 valence electrons. The summed E-state index contributed by atoms with van der Waals surface area (Å²) < 4.78 is 30.4. The van der Waals surface area contributed by atoms with Gasteiger partial charge in [-0.15, -0.1) is 0 Å². The van der Waals surface area contributed by atoms with Gasteiger partial charge in [0.25, 0.3) is 6.43 Å². The summed E-state index contributed by atoms with van der Waals surface area (Å²) in [6.07, 6.45) is -2.62. The molecule has 0 unspecified atom stereocenters. The lowest BCUT2D eigenvalue weighted by Gasteiger charge is -2.10. The number of aromatic nitrogens is 1. The second-order valence-corrected chi connectivity index (χ2v) is 3.68. The quantitative estimate of drug-likeness (QED) is 0.634. The zero-order valence-electron chi connectivity index (χ0n) is 7.80. The first-order valence-corrected chi connectivity index (χ1v) is 5.06. The molecule has 0 aromatic carbocycles. The van der Waals surface area contributed by atoms with Gasteiger partial charge in [0.05, 0.1) is 30.9 Å². The fourth-order valence-corrected chi connectivity index (χ4v) is 1.95. The third kappa shape index (κ3) is 2.75. The normalized spacial score (nSPS) is 10.1. The highest BCUT2D eigenvalue weighted by Gasteiger charge is 2.18. The lowest BCUT2D eigenvalue weighted by Crippen LogP contribution is -2.01. The Bertz CT molecular complexity index is 404. The summed E-state index contributed by atoms with van der Waals surface area (Å²) in [6, 6.07) is 3.07. The molecule has 0 spiro atoms. The van der Waals surface area contributed by atoms with Gasteiger partial charge in [-0.25, -0.2) is 13.8 Å². The monoisotopic (exact) mass is 324 g/mol. The number of pyridine rings is 1. The molecule has 3 nitrogen and oxygen atoms in total. The number of ether oxygens (including phenoxy) is 1. The average molecular weight is 324 g/mol. The molecule has 1 aromatic rings. The van der Waals surface area contributed by atoms with Gasteiger partial charge in [0.15, 0.2) is 5.75 Å². The minimum Gasteiger partial charge on any atom is -0.493 e. The summed E-state index contributed by atoms with van der Waals surface area (Å²) in [7, 11) is 1.31. The van der Waals surface area contributed by atoms with Crippen molar-refractivity contribution in [3.8, 4) is 11.8 Å². The van der Waals surface area contributed by atoms with E-state index in [0.717, 1.165) is 0 Å². The Kier molecular flexibility index (Phi) is 4.20. The minimum atomic E-state index is -2.63. The number of nitrogens with zero attached hydrogens (tertiary/aromatic N) is 2. The van der Waals surface area contributed by atoms with Gasteiger partial charge < -0.3 is 4.74 Å². The third-order valence-corrected chi connectivity index (χ3v) is 2.44. The Morgan fingerprint density at radius 3 is 2.80 bits per heavy atom. The van der Waals surface area contributed by atoms with Gasteiger partial charge in [-0.05, 0) is 28.7 Å². The molecule has 0 atom stereocenters. The van der Waals surface area contributed by atoms with Gasteiger partial charge in [0, 0.05) is 0 Å². The number of nitriles is 1. The van der Waals surface area contributed by atoms with Gasteiger partial charge in [-0.1, -0.05) is 0 Å². The molecule has 1 rings (SSSR count). The van der Waals surface area contributed by atoms with E-state index in [-0.39, 0.29) is 17.7 Å². The van der Waals surface area contributed by atoms with Crippen LogP contribution in [0.4, 0.5) is 8.78 Å². The van der Waals surface area contributed by atoms with Crippen LogP contribution in [0.5, 0.6) is 5.75 Å². The summed E-state index contributed by atoms with van der Waals surface area (Å²) in [6.45, 7) is 0. The molecule has 0 saturated heterocycles. The molecule has 6 heteroatoms. The predicted molar refractivity (Wildman–Crippen MR) is 57.8 cm³/mol. The molecule has 0 radical (unpaired) electrons. The Morgan fingerprint density at radius 1 is 1.67 bits per heavy atom. The highest BCUT2D eigenvalue weighted by Crippen LogP contribution is 2.32. The van der Waals surface area contributed by atoms with Crippen molar-refractivity contribution < 1.29 is 13.5 Å². The number of rotatable bonds is 3. The van der Waals surface area contributed by atoms with Gasteiger partial charge in [-0.2, -0.15) is 5.26 Å². The number of halogens is 3. The van der Waals surface area contributed by atoms with E-state index in [4.69, 9.17) is 10.00 Å². The van der Waals surface area contributed by atoms with Crippen LogP contribution in [0.25, 0.3) is 0 Å². The molecule has 1 heterocycles. The standard InChI is InChI=1S/C9H7F2IN2O/c1-15-7-6(8(10)11)4-5(2-3-13)14-9(7)12/h4,8H,2H2,1H3. The number of methoxy groups -OCH3 is 1. The maximum Gasteiger partial charge on any atom is 0.267 e. The van der Waals surface area contributed by atoms with Gasteiger partial charge >= 0.3 is 0 Å². The molecule has 0 bridgehead atoms. The van der Waals surface area contributed by atoms with Crippen LogP contribution < -0.4 is 4.74 Å². The van der Waals surface area contributed by atoms with E-state index in [1.807, 2.05) is 6.07 Å². The van der Waals surface area contributed by atoms with Crippen LogP contribution in [0, 0.1) is 15.0 Å². The molecule has 15 heavy (non-hydrogen) atoms. The molecule has 0 aliphatic heterocycles. The zero-order chi connectivity index (χ0) is 11.4. The van der Waals surface area contributed by atoms with Crippen molar-refractivity contribution in [2.75, 3.05) is 7.11 Å². The number of hydrogen-bond acceptors (Lipinski definition) is 3. The van der Waals surface area contributed by atoms with Crippen molar-refractivity contribution in [3.63, 3.8) is 0 Å². The van der Waals surface area contributed by atoms with Gasteiger partial charge in [0.1, 0.15) is 3.70 Å². The van der Waals surface area contributed by atoms with Crippen molar-refractivity contribution in [1.29, 1.82) is 5.26 Å². The van der Waals surface area contributed by atoms with Crippen LogP contribution in [-0.4, -0.2) is 12.1 Å². The molecule has 0 saturated carbocycles. The van der Waals surface area contributed by atoms with Gasteiger partial charge in [0.2, 0.25) is 0 Å². The van der Waals surface area contributed by atoms with Gasteiger partial charge in [-0.3, -0.25) is 0 Å². The third-order valence-electron chi connectivity index (χ3n) is 1.71.